The normalized spacial score (nSPS) is 22.9. The van der Waals surface area contributed by atoms with Crippen molar-refractivity contribution in [3.05, 3.63) is 72.1 Å². The van der Waals surface area contributed by atoms with Crippen molar-refractivity contribution in [3.8, 4) is 0 Å². The van der Waals surface area contributed by atoms with E-state index in [4.69, 9.17) is 9.90 Å². The van der Waals surface area contributed by atoms with E-state index in [1.807, 2.05) is 24.3 Å². The summed E-state index contributed by atoms with van der Waals surface area (Å²) >= 11 is 0. The van der Waals surface area contributed by atoms with E-state index >= 15 is 0 Å². The van der Waals surface area contributed by atoms with Crippen LogP contribution in [0.25, 0.3) is 6.08 Å². The largest absolute Gasteiger partial charge is 0.483 e. The van der Waals surface area contributed by atoms with Crippen LogP contribution in [0.4, 0.5) is 0 Å². The van der Waals surface area contributed by atoms with E-state index in [2.05, 4.69) is 51.6 Å². The Kier molecular flexibility index (Phi) is 8.15. The number of carboxylic acid groups (broad SMARTS) is 1. The van der Waals surface area contributed by atoms with Gasteiger partial charge in [0.05, 0.1) is 12.2 Å². The van der Waals surface area contributed by atoms with Gasteiger partial charge in [-0.3, -0.25) is 19.5 Å². The van der Waals surface area contributed by atoms with Crippen molar-refractivity contribution in [2.24, 2.45) is 17.8 Å². The molecule has 1 aromatic carbocycles. The van der Waals surface area contributed by atoms with Gasteiger partial charge >= 0.3 is 0 Å². The molecule has 158 valence electrons. The summed E-state index contributed by atoms with van der Waals surface area (Å²) < 4.78 is 0. The highest BCUT2D eigenvalue weighted by molar-refractivity contribution is 5.80. The molecule has 2 aromatic rings. The number of nitrogens with zero attached hydrogens (tertiary/aromatic N) is 2. The van der Waals surface area contributed by atoms with E-state index in [0.717, 1.165) is 37.7 Å². The van der Waals surface area contributed by atoms with Crippen LogP contribution < -0.4 is 5.32 Å². The van der Waals surface area contributed by atoms with Crippen molar-refractivity contribution < 1.29 is 14.7 Å². The molecule has 2 N–H and O–H groups in total. The lowest BCUT2D eigenvalue weighted by molar-refractivity contribution is -0.136. The number of hydrogen-bond donors (Lipinski definition) is 2. The van der Waals surface area contributed by atoms with Crippen molar-refractivity contribution in [3.63, 3.8) is 0 Å². The zero-order valence-corrected chi connectivity index (χ0v) is 17.1. The van der Waals surface area contributed by atoms with Crippen LogP contribution in [0.3, 0.4) is 0 Å². The Bertz CT molecular complexity index is 826. The number of piperidine rings is 1. The number of amides is 1. The number of fused-ring (bicyclic) bond motifs is 1. The van der Waals surface area contributed by atoms with Crippen LogP contribution in [-0.2, 0) is 16.1 Å². The van der Waals surface area contributed by atoms with Gasteiger partial charge in [-0.25, -0.2) is 0 Å². The number of aromatic nitrogens is 1. The Balaban J connectivity index is 0.000000806. The summed E-state index contributed by atoms with van der Waals surface area (Å²) in [7, 11) is 0. The molecule has 3 atom stereocenters. The van der Waals surface area contributed by atoms with Crippen LogP contribution in [0.1, 0.15) is 24.1 Å². The lowest BCUT2D eigenvalue weighted by Crippen LogP contribution is -2.54. The maximum atomic E-state index is 12.6. The molecule has 1 aliphatic heterocycles. The highest BCUT2D eigenvalue weighted by Gasteiger charge is 2.47. The molecule has 1 saturated heterocycles. The van der Waals surface area contributed by atoms with E-state index in [1.165, 1.54) is 12.0 Å². The molecule has 1 saturated carbocycles. The third-order valence-corrected chi connectivity index (χ3v) is 5.94. The molecular weight excluding hydrogens is 378 g/mol. The maximum Gasteiger partial charge on any atom is 0.290 e. The number of carbonyl (C=O) groups excluding carboxylic acids is 1. The Morgan fingerprint density at radius 3 is 2.70 bits per heavy atom. The highest BCUT2D eigenvalue weighted by atomic mass is 16.3. The first kappa shape index (κ1) is 21.7. The first-order chi connectivity index (χ1) is 14.7. The smallest absolute Gasteiger partial charge is 0.290 e. The molecule has 1 aliphatic carbocycles. The fourth-order valence-electron chi connectivity index (χ4n) is 4.34. The highest BCUT2D eigenvalue weighted by Crippen LogP contribution is 2.45. The zero-order chi connectivity index (χ0) is 21.2. The van der Waals surface area contributed by atoms with Crippen LogP contribution in [0.5, 0.6) is 0 Å². The Morgan fingerprint density at radius 1 is 1.20 bits per heavy atom. The predicted molar refractivity (Wildman–Crippen MR) is 116 cm³/mol. The minimum atomic E-state index is -0.250. The minimum Gasteiger partial charge on any atom is -0.483 e. The van der Waals surface area contributed by atoms with Crippen molar-refractivity contribution in [2.75, 3.05) is 19.6 Å². The lowest BCUT2D eigenvalue weighted by Gasteiger charge is -2.50. The molecule has 1 aromatic heterocycles. The van der Waals surface area contributed by atoms with Crippen molar-refractivity contribution in [1.82, 2.24) is 15.2 Å². The number of carbonyl (C=O) groups is 2. The van der Waals surface area contributed by atoms with E-state index in [-0.39, 0.29) is 18.3 Å². The number of rotatable bonds is 6. The first-order valence-electron chi connectivity index (χ1n) is 10.4. The summed E-state index contributed by atoms with van der Waals surface area (Å²) in [6.07, 6.45) is 8.46. The summed E-state index contributed by atoms with van der Waals surface area (Å²) in [5.41, 5.74) is 2.15. The number of hydrogen-bond acceptors (Lipinski definition) is 4. The van der Waals surface area contributed by atoms with Crippen LogP contribution in [0.2, 0.25) is 0 Å². The average Bonchev–Trinajstić information content (AvgIpc) is 2.76. The predicted octanol–water partition coefficient (Wildman–Crippen LogP) is 3.07. The SMILES string of the molecule is O=C(NCc1ccccn1)[C@@H]1C[C@H]2CCN(C/C=C/c3ccccc3)C[C@H]21.O=CO. The average molecular weight is 408 g/mol. The van der Waals surface area contributed by atoms with Crippen LogP contribution >= 0.6 is 0 Å². The van der Waals surface area contributed by atoms with Crippen molar-refractivity contribution in [1.29, 1.82) is 0 Å². The summed E-state index contributed by atoms with van der Waals surface area (Å²) in [5.74, 6) is 1.60. The van der Waals surface area contributed by atoms with Gasteiger partial charge in [-0.15, -0.1) is 0 Å². The number of benzene rings is 1. The molecule has 6 nitrogen and oxygen atoms in total. The van der Waals surface area contributed by atoms with Gasteiger partial charge in [0, 0.05) is 25.2 Å². The summed E-state index contributed by atoms with van der Waals surface area (Å²) in [4.78, 5) is 27.7. The number of nitrogens with one attached hydrogen (secondary N) is 1. The van der Waals surface area contributed by atoms with E-state index < -0.39 is 0 Å². The fraction of sp³-hybridized carbons (Fsp3) is 0.375. The molecule has 2 heterocycles. The minimum absolute atomic E-state index is 0.166. The van der Waals surface area contributed by atoms with Crippen molar-refractivity contribution >= 4 is 18.5 Å². The molecule has 0 unspecified atom stereocenters. The van der Waals surface area contributed by atoms with Gasteiger partial charge in [0.15, 0.2) is 0 Å². The van der Waals surface area contributed by atoms with Gasteiger partial charge in [0.25, 0.3) is 6.47 Å². The second kappa shape index (κ2) is 11.3. The number of pyridine rings is 1. The standard InChI is InChI=1S/C23H27N3O.CH2O2/c27-23(25-16-20-10-4-5-12-24-20)21-15-19-11-14-26(17-22(19)21)13-6-9-18-7-2-1-3-8-18;2-1-3/h1-10,12,19,21-22H,11,13-17H2,(H,25,27);1H,(H,2,3)/b9-6+;/t19-,21-,22-;/m1./s1. The van der Waals surface area contributed by atoms with E-state index in [0.29, 0.717) is 12.5 Å². The topological polar surface area (TPSA) is 82.5 Å². The van der Waals surface area contributed by atoms with Crippen LogP contribution in [-0.4, -0.2) is 47.0 Å². The van der Waals surface area contributed by atoms with Crippen molar-refractivity contribution in [2.45, 2.75) is 19.4 Å². The quantitative estimate of drug-likeness (QED) is 0.719. The Morgan fingerprint density at radius 2 is 1.97 bits per heavy atom. The molecule has 2 aliphatic rings. The second-order valence-electron chi connectivity index (χ2n) is 7.77. The first-order valence-corrected chi connectivity index (χ1v) is 10.4. The van der Waals surface area contributed by atoms with Gasteiger partial charge in [-0.1, -0.05) is 48.6 Å². The molecule has 1 amide bonds. The third kappa shape index (κ3) is 6.00. The molecule has 0 spiro atoms. The van der Waals surface area contributed by atoms with Crippen LogP contribution in [0, 0.1) is 17.8 Å². The van der Waals surface area contributed by atoms with Gasteiger partial charge in [0.2, 0.25) is 5.91 Å². The Labute approximate surface area is 177 Å². The van der Waals surface area contributed by atoms with E-state index in [9.17, 15) is 4.79 Å². The summed E-state index contributed by atoms with van der Waals surface area (Å²) in [6, 6.07) is 16.2. The van der Waals surface area contributed by atoms with Crippen LogP contribution in [0.15, 0.2) is 60.8 Å². The van der Waals surface area contributed by atoms with Gasteiger partial charge < -0.3 is 10.4 Å². The zero-order valence-electron chi connectivity index (χ0n) is 17.1. The molecule has 30 heavy (non-hydrogen) atoms. The molecule has 2 fully saturated rings. The van der Waals surface area contributed by atoms with E-state index in [1.54, 1.807) is 6.20 Å². The van der Waals surface area contributed by atoms with Gasteiger partial charge in [-0.05, 0) is 48.9 Å². The molecule has 0 radical (unpaired) electrons. The summed E-state index contributed by atoms with van der Waals surface area (Å²) in [5, 5.41) is 9.97. The fourth-order valence-corrected chi connectivity index (χ4v) is 4.34. The molecular formula is C24H29N3O3. The molecule has 0 bridgehead atoms. The maximum absolute atomic E-state index is 12.6. The number of likely N-dealkylation sites (tertiary alicyclic amines) is 1. The van der Waals surface area contributed by atoms with Gasteiger partial charge in [-0.2, -0.15) is 0 Å². The van der Waals surface area contributed by atoms with Gasteiger partial charge in [0.1, 0.15) is 0 Å². The molecule has 6 heteroatoms. The Hall–Kier alpha value is -2.99. The lowest BCUT2D eigenvalue weighted by atomic mass is 9.61. The molecule has 4 rings (SSSR count). The third-order valence-electron chi connectivity index (χ3n) is 5.94. The summed E-state index contributed by atoms with van der Waals surface area (Å²) in [6.45, 7) is 3.41. The second-order valence-corrected chi connectivity index (χ2v) is 7.77. The monoisotopic (exact) mass is 407 g/mol.